The van der Waals surface area contributed by atoms with E-state index in [1.165, 1.54) is 7.11 Å². The Hall–Kier alpha value is -5.25. The van der Waals surface area contributed by atoms with E-state index in [0.717, 1.165) is 67.5 Å². The van der Waals surface area contributed by atoms with Crippen molar-refractivity contribution < 1.29 is 58.0 Å². The zero-order valence-corrected chi connectivity index (χ0v) is 34.8. The van der Waals surface area contributed by atoms with Crippen molar-refractivity contribution in [1.29, 1.82) is 0 Å². The van der Waals surface area contributed by atoms with Crippen molar-refractivity contribution in [3.05, 3.63) is 53.6 Å². The van der Waals surface area contributed by atoms with E-state index < -0.39 is 47.9 Å². The first-order valence-electron chi connectivity index (χ1n) is 21.3. The van der Waals surface area contributed by atoms with Crippen molar-refractivity contribution in [3.63, 3.8) is 0 Å². The Bertz CT molecular complexity index is 1710. The van der Waals surface area contributed by atoms with Crippen LogP contribution in [0, 0.1) is 17.8 Å². The van der Waals surface area contributed by atoms with Gasteiger partial charge in [-0.05, 0) is 112 Å². The molecule has 16 heteroatoms. The monoisotopic (exact) mass is 838 g/mol. The molecule has 60 heavy (non-hydrogen) atoms. The Balaban J connectivity index is 1.19. The molecule has 6 N–H and O–H groups in total. The number of aliphatic carboxylic acids is 1. The molecule has 4 amide bonds. The van der Waals surface area contributed by atoms with Crippen LogP contribution in [0.1, 0.15) is 102 Å². The molecule has 0 aromatic heterocycles. The van der Waals surface area contributed by atoms with E-state index >= 15 is 0 Å². The number of carbonyl (C=O) groups is 7. The van der Waals surface area contributed by atoms with Crippen molar-refractivity contribution in [2.45, 2.75) is 128 Å². The first-order valence-corrected chi connectivity index (χ1v) is 21.3. The standard InChI is InChI=1S/C44H62N4O12/c1-3-4-5-12-30(49)16-17-31-32-24-28-11-10-15-36(59-27-42(55)58-2)33(28)25-29(32)26-37(31)60-41(54)21-19-39(51)46-23-9-7-14-35-44(57)47-34(43(56)48-35)13-6-8-22-45-38(50)18-20-40(52)53/h10-11,15,18-21,29-32,34-35,37,49H,3-9,12-14,16-17,22-27H2,1-2H3,(H,45,50)(H,46,51)(H,47,57)(H,48,56)(H,52,53)/b20-18+,21-19+/t29-,30-,31+,32-,34?,35?,37+/m0/s1. The smallest absolute Gasteiger partial charge is 0.343 e. The first kappa shape index (κ1) is 47.4. The van der Waals surface area contributed by atoms with Gasteiger partial charge in [-0.25, -0.2) is 14.4 Å². The molecule has 1 aromatic rings. The summed E-state index contributed by atoms with van der Waals surface area (Å²) in [4.78, 5) is 84.7. The maximum Gasteiger partial charge on any atom is 0.343 e. The van der Waals surface area contributed by atoms with Crippen LogP contribution in [0.25, 0.3) is 0 Å². The third-order valence-corrected chi connectivity index (χ3v) is 11.6. The van der Waals surface area contributed by atoms with Gasteiger partial charge in [-0.1, -0.05) is 38.3 Å². The van der Waals surface area contributed by atoms with E-state index in [9.17, 15) is 38.7 Å². The molecule has 1 saturated heterocycles. The normalized spacial score (nSPS) is 22.6. The average Bonchev–Trinajstić information content (AvgIpc) is 3.55. The fourth-order valence-corrected chi connectivity index (χ4v) is 8.45. The van der Waals surface area contributed by atoms with Crippen molar-refractivity contribution in [3.8, 4) is 5.75 Å². The minimum Gasteiger partial charge on any atom is -0.482 e. The highest BCUT2D eigenvalue weighted by Gasteiger charge is 2.47. The summed E-state index contributed by atoms with van der Waals surface area (Å²) in [5.74, 6) is -2.75. The number of nitrogens with one attached hydrogen (secondary N) is 4. The molecule has 2 aliphatic carbocycles. The zero-order chi connectivity index (χ0) is 43.4. The Kier molecular flexibility index (Phi) is 19.6. The second-order valence-corrected chi connectivity index (χ2v) is 15.9. The number of amides is 4. The number of rotatable bonds is 25. The second-order valence-electron chi connectivity index (χ2n) is 15.9. The number of benzene rings is 1. The number of methoxy groups -OCH3 is 1. The first-order chi connectivity index (χ1) is 28.9. The average molecular weight is 839 g/mol. The van der Waals surface area contributed by atoms with E-state index in [1.54, 1.807) is 0 Å². The summed E-state index contributed by atoms with van der Waals surface area (Å²) in [6, 6.07) is 4.46. The predicted molar refractivity (Wildman–Crippen MR) is 219 cm³/mol. The van der Waals surface area contributed by atoms with Crippen LogP contribution in [-0.2, 0) is 55.9 Å². The molecule has 2 unspecified atom stereocenters. The quantitative estimate of drug-likeness (QED) is 0.0474. The van der Waals surface area contributed by atoms with E-state index in [0.29, 0.717) is 83.0 Å². The third-order valence-electron chi connectivity index (χ3n) is 11.6. The van der Waals surface area contributed by atoms with Crippen molar-refractivity contribution in [1.82, 2.24) is 21.3 Å². The maximum absolute atomic E-state index is 13.1. The molecule has 0 spiro atoms. The highest BCUT2D eigenvalue weighted by molar-refractivity contribution is 5.97. The molecule has 1 heterocycles. The number of carboxylic acids is 1. The number of unbranched alkanes of at least 4 members (excludes halogenated alkanes) is 4. The maximum atomic E-state index is 13.1. The molecule has 4 rings (SSSR count). The molecule has 0 radical (unpaired) electrons. The van der Waals surface area contributed by atoms with Gasteiger partial charge >= 0.3 is 17.9 Å². The van der Waals surface area contributed by atoms with Gasteiger partial charge in [0.25, 0.3) is 0 Å². The Morgan fingerprint density at radius 1 is 0.833 bits per heavy atom. The summed E-state index contributed by atoms with van der Waals surface area (Å²) in [5, 5.41) is 30.1. The van der Waals surface area contributed by atoms with Gasteiger partial charge in [0, 0.05) is 37.4 Å². The van der Waals surface area contributed by atoms with Gasteiger partial charge in [-0.3, -0.25) is 19.2 Å². The number of aliphatic hydroxyl groups excluding tert-OH is 1. The van der Waals surface area contributed by atoms with Crippen LogP contribution < -0.4 is 26.0 Å². The lowest BCUT2D eigenvalue weighted by atomic mass is 9.73. The van der Waals surface area contributed by atoms with Crippen LogP contribution in [-0.4, -0.2) is 103 Å². The molecule has 2 fully saturated rings. The minimum atomic E-state index is -1.22. The lowest BCUT2D eigenvalue weighted by Gasteiger charge is -2.32. The van der Waals surface area contributed by atoms with Crippen LogP contribution in [0.2, 0.25) is 0 Å². The number of ether oxygens (including phenoxy) is 3. The summed E-state index contributed by atoms with van der Waals surface area (Å²) in [6.45, 7) is 2.54. The van der Waals surface area contributed by atoms with Crippen molar-refractivity contribution in [2.24, 2.45) is 17.8 Å². The fourth-order valence-electron chi connectivity index (χ4n) is 8.45. The second kappa shape index (κ2) is 24.7. The van der Waals surface area contributed by atoms with Gasteiger partial charge in [0.05, 0.1) is 13.2 Å². The highest BCUT2D eigenvalue weighted by atomic mass is 16.6. The number of esters is 2. The van der Waals surface area contributed by atoms with Crippen LogP contribution >= 0.6 is 0 Å². The molecule has 16 nitrogen and oxygen atoms in total. The molecule has 1 aliphatic heterocycles. The molecule has 0 bridgehead atoms. The number of hydrogen-bond acceptors (Lipinski definition) is 11. The van der Waals surface area contributed by atoms with Crippen LogP contribution in [0.5, 0.6) is 5.75 Å². The van der Waals surface area contributed by atoms with Gasteiger partial charge in [-0.15, -0.1) is 0 Å². The number of piperazine rings is 1. The molecule has 7 atom stereocenters. The van der Waals surface area contributed by atoms with Crippen LogP contribution in [0.15, 0.2) is 42.5 Å². The van der Waals surface area contributed by atoms with Crippen molar-refractivity contribution >= 4 is 41.5 Å². The van der Waals surface area contributed by atoms with Gasteiger partial charge < -0.3 is 45.7 Å². The number of hydrogen-bond donors (Lipinski definition) is 6. The SMILES string of the molecule is CCCCC[C@H](O)CC[C@@H]1[C@H]2Cc3cccc(OCC(=O)OC)c3C[C@H]2C[C@H]1OC(=O)/C=C/C(=O)NCCCCC1NC(=O)C(CCCCNC(=O)/C=C/C(=O)O)NC1=O. The summed E-state index contributed by atoms with van der Waals surface area (Å²) >= 11 is 0. The van der Waals surface area contributed by atoms with Crippen molar-refractivity contribution in [2.75, 3.05) is 26.8 Å². The molecule has 330 valence electrons. The molecule has 3 aliphatic rings. The summed E-state index contributed by atoms with van der Waals surface area (Å²) in [5.41, 5.74) is 2.18. The Morgan fingerprint density at radius 2 is 1.48 bits per heavy atom. The van der Waals surface area contributed by atoms with E-state index in [4.69, 9.17) is 19.3 Å². The summed E-state index contributed by atoms with van der Waals surface area (Å²) < 4.78 is 16.6. The van der Waals surface area contributed by atoms with Crippen LogP contribution in [0.4, 0.5) is 0 Å². The Labute approximate surface area is 351 Å². The van der Waals surface area contributed by atoms with Gasteiger partial charge in [0.2, 0.25) is 23.6 Å². The van der Waals surface area contributed by atoms with E-state index in [-0.39, 0.29) is 42.3 Å². The molecule has 1 saturated carbocycles. The lowest BCUT2D eigenvalue weighted by molar-refractivity contribution is -0.145. The van der Waals surface area contributed by atoms with E-state index in [1.807, 2.05) is 12.1 Å². The minimum absolute atomic E-state index is 0.0273. The lowest BCUT2D eigenvalue weighted by Crippen LogP contribution is -2.61. The predicted octanol–water partition coefficient (Wildman–Crippen LogP) is 2.98. The van der Waals surface area contributed by atoms with Gasteiger partial charge in [0.1, 0.15) is 23.9 Å². The number of carbonyl (C=O) groups excluding carboxylic acids is 6. The van der Waals surface area contributed by atoms with Gasteiger partial charge in [0.15, 0.2) is 6.61 Å². The molecular formula is C44H62N4O12. The molecular weight excluding hydrogens is 776 g/mol. The molecule has 1 aromatic carbocycles. The number of aliphatic hydroxyl groups is 1. The zero-order valence-electron chi connectivity index (χ0n) is 34.8. The summed E-state index contributed by atoms with van der Waals surface area (Å²) in [7, 11) is 1.32. The Morgan fingerprint density at radius 3 is 2.10 bits per heavy atom. The summed E-state index contributed by atoms with van der Waals surface area (Å²) in [6.07, 6.45) is 13.3. The fraction of sp³-hybridized carbons (Fsp3) is 0.614. The largest absolute Gasteiger partial charge is 0.482 e. The van der Waals surface area contributed by atoms with E-state index in [2.05, 4.69) is 34.3 Å². The topological polar surface area (TPSA) is 236 Å². The number of carboxylic acid groups (broad SMARTS) is 1. The van der Waals surface area contributed by atoms with Crippen LogP contribution in [0.3, 0.4) is 0 Å². The number of fused-ring (bicyclic) bond motifs is 2. The third kappa shape index (κ3) is 15.4. The van der Waals surface area contributed by atoms with Gasteiger partial charge in [-0.2, -0.15) is 0 Å². The highest BCUT2D eigenvalue weighted by Crippen LogP contribution is 2.49.